The van der Waals surface area contributed by atoms with Gasteiger partial charge in [0.15, 0.2) is 5.82 Å². The van der Waals surface area contributed by atoms with Gasteiger partial charge in [-0.1, -0.05) is 0 Å². The van der Waals surface area contributed by atoms with Crippen molar-refractivity contribution in [1.82, 2.24) is 24.8 Å². The Morgan fingerprint density at radius 2 is 1.88 bits per heavy atom. The molecular weight excluding hydrogens is 312 g/mol. The minimum atomic E-state index is -0.525. The zero-order chi connectivity index (χ0) is 16.7. The number of nitrogens with zero attached hydrogens (tertiary/aromatic N) is 5. The summed E-state index contributed by atoms with van der Waals surface area (Å²) in [6.07, 6.45) is 2.87. The molecule has 0 unspecified atom stereocenters. The van der Waals surface area contributed by atoms with Crippen molar-refractivity contribution in [2.24, 2.45) is 0 Å². The van der Waals surface area contributed by atoms with Crippen LogP contribution >= 0.6 is 0 Å². The van der Waals surface area contributed by atoms with Gasteiger partial charge in [0.25, 0.3) is 0 Å². The van der Waals surface area contributed by atoms with Gasteiger partial charge in [-0.2, -0.15) is 0 Å². The Balaban J connectivity index is 1.93. The summed E-state index contributed by atoms with van der Waals surface area (Å²) < 4.78 is 28.8. The summed E-state index contributed by atoms with van der Waals surface area (Å²) in [6.45, 7) is 1.68. The van der Waals surface area contributed by atoms with Crippen molar-refractivity contribution >= 4 is 5.65 Å². The highest BCUT2D eigenvalue weighted by Gasteiger charge is 2.14. The fraction of sp³-hybridized carbons (Fsp3) is 0.0588. The van der Waals surface area contributed by atoms with Gasteiger partial charge in [0, 0.05) is 23.4 Å². The summed E-state index contributed by atoms with van der Waals surface area (Å²) in [5.74, 6) is -0.813. The molecule has 0 aliphatic heterocycles. The second-order valence-corrected chi connectivity index (χ2v) is 5.31. The van der Waals surface area contributed by atoms with E-state index >= 15 is 0 Å². The largest absolute Gasteiger partial charge is 0.256 e. The van der Waals surface area contributed by atoms with E-state index in [2.05, 4.69) is 20.2 Å². The van der Waals surface area contributed by atoms with E-state index in [1.54, 1.807) is 37.4 Å². The molecular formula is C17H11F2N5. The quantitative estimate of drug-likeness (QED) is 0.567. The fourth-order valence-corrected chi connectivity index (χ4v) is 2.55. The molecule has 0 aliphatic rings. The number of fused-ring (bicyclic) bond motifs is 1. The number of hydrogen-bond acceptors (Lipinski definition) is 4. The number of rotatable bonds is 2. The monoisotopic (exact) mass is 323 g/mol. The van der Waals surface area contributed by atoms with E-state index in [9.17, 15) is 8.78 Å². The highest BCUT2D eigenvalue weighted by Crippen LogP contribution is 2.30. The lowest BCUT2D eigenvalue weighted by Crippen LogP contribution is -2.01. The fourth-order valence-electron chi connectivity index (χ4n) is 2.55. The van der Waals surface area contributed by atoms with Gasteiger partial charge >= 0.3 is 0 Å². The normalized spacial score (nSPS) is 11.1. The van der Waals surface area contributed by atoms with E-state index < -0.39 is 5.82 Å². The first-order valence-electron chi connectivity index (χ1n) is 7.22. The van der Waals surface area contributed by atoms with Crippen LogP contribution in [0.5, 0.6) is 0 Å². The Morgan fingerprint density at radius 3 is 2.71 bits per heavy atom. The van der Waals surface area contributed by atoms with Crippen LogP contribution in [0.4, 0.5) is 8.78 Å². The minimum Gasteiger partial charge on any atom is -0.256 e. The molecule has 0 atom stereocenters. The van der Waals surface area contributed by atoms with Crippen molar-refractivity contribution in [3.8, 4) is 22.5 Å². The molecule has 0 bridgehead atoms. The first-order chi connectivity index (χ1) is 11.6. The lowest BCUT2D eigenvalue weighted by atomic mass is 10.0. The smallest absolute Gasteiger partial charge is 0.212 e. The molecule has 0 spiro atoms. The predicted molar refractivity (Wildman–Crippen MR) is 84.1 cm³/mol. The van der Waals surface area contributed by atoms with Gasteiger partial charge in [0.1, 0.15) is 12.1 Å². The van der Waals surface area contributed by atoms with Crippen molar-refractivity contribution in [3.63, 3.8) is 0 Å². The molecule has 5 nitrogen and oxygen atoms in total. The summed E-state index contributed by atoms with van der Waals surface area (Å²) in [5.41, 5.74) is 2.88. The zero-order valence-corrected chi connectivity index (χ0v) is 12.6. The van der Waals surface area contributed by atoms with Crippen LogP contribution in [0, 0.1) is 18.6 Å². The van der Waals surface area contributed by atoms with E-state index in [1.807, 2.05) is 0 Å². The third-order valence-corrected chi connectivity index (χ3v) is 3.73. The van der Waals surface area contributed by atoms with Crippen LogP contribution in [0.25, 0.3) is 28.2 Å². The Labute approximate surface area is 135 Å². The third-order valence-electron chi connectivity index (χ3n) is 3.73. The maximum Gasteiger partial charge on any atom is 0.212 e. The summed E-state index contributed by atoms with van der Waals surface area (Å²) >= 11 is 0. The highest BCUT2D eigenvalue weighted by molar-refractivity contribution is 5.79. The molecule has 0 amide bonds. The Morgan fingerprint density at radius 1 is 1.00 bits per heavy atom. The molecule has 4 aromatic rings. The molecule has 4 rings (SSSR count). The van der Waals surface area contributed by atoms with E-state index in [1.165, 1.54) is 18.5 Å². The van der Waals surface area contributed by atoms with Crippen molar-refractivity contribution in [2.75, 3.05) is 0 Å². The summed E-state index contributed by atoms with van der Waals surface area (Å²) in [7, 11) is 0. The van der Waals surface area contributed by atoms with Crippen LogP contribution in [-0.2, 0) is 0 Å². The Bertz CT molecular complexity index is 1060. The van der Waals surface area contributed by atoms with Gasteiger partial charge in [0.2, 0.25) is 5.65 Å². The molecule has 7 heteroatoms. The van der Waals surface area contributed by atoms with Crippen LogP contribution in [0.15, 0.2) is 48.9 Å². The summed E-state index contributed by atoms with van der Waals surface area (Å²) in [4.78, 5) is 8.18. The molecule has 0 radical (unpaired) electrons. The standard InChI is InChI=1S/C17H11F2N5/c1-10-7-11(4-5-13(10)18)16-12(3-2-6-20-16)15-8-14(19)17-21-9-22-24(17)23-15/h2-9H,1H3. The zero-order valence-electron chi connectivity index (χ0n) is 12.6. The van der Waals surface area contributed by atoms with Gasteiger partial charge < -0.3 is 0 Å². The maximum atomic E-state index is 14.2. The maximum absolute atomic E-state index is 14.2. The van der Waals surface area contributed by atoms with Crippen molar-refractivity contribution < 1.29 is 8.78 Å². The minimum absolute atomic E-state index is 0.0572. The second-order valence-electron chi connectivity index (χ2n) is 5.31. The van der Waals surface area contributed by atoms with Crippen LogP contribution < -0.4 is 0 Å². The first kappa shape index (κ1) is 14.4. The molecule has 3 heterocycles. The molecule has 1 aromatic carbocycles. The molecule has 0 aliphatic carbocycles. The van der Waals surface area contributed by atoms with Gasteiger partial charge in [-0.25, -0.2) is 13.8 Å². The van der Waals surface area contributed by atoms with Crippen LogP contribution in [0.2, 0.25) is 0 Å². The number of halogens is 2. The van der Waals surface area contributed by atoms with E-state index in [-0.39, 0.29) is 11.5 Å². The number of hydrogen-bond donors (Lipinski definition) is 0. The average molecular weight is 323 g/mol. The van der Waals surface area contributed by atoms with Crippen molar-refractivity contribution in [3.05, 3.63) is 66.1 Å². The molecule has 0 saturated carbocycles. The number of aryl methyl sites for hydroxylation is 1. The highest BCUT2D eigenvalue weighted by atomic mass is 19.1. The molecule has 3 aromatic heterocycles. The topological polar surface area (TPSA) is 56.0 Å². The average Bonchev–Trinajstić information content (AvgIpc) is 3.06. The van der Waals surface area contributed by atoms with E-state index in [0.29, 0.717) is 22.5 Å². The van der Waals surface area contributed by atoms with Gasteiger partial charge in [-0.05, 0) is 42.8 Å². The SMILES string of the molecule is Cc1cc(-c2ncccc2-c2cc(F)c3ncnn3n2)ccc1F. The van der Waals surface area contributed by atoms with Gasteiger partial charge in [0.05, 0.1) is 11.4 Å². The lowest BCUT2D eigenvalue weighted by molar-refractivity contribution is 0.617. The van der Waals surface area contributed by atoms with Crippen LogP contribution in [0.1, 0.15) is 5.56 Å². The summed E-state index contributed by atoms with van der Waals surface area (Å²) in [5, 5.41) is 8.16. The molecule has 0 saturated heterocycles. The summed E-state index contributed by atoms with van der Waals surface area (Å²) in [6, 6.07) is 9.54. The Kier molecular flexibility index (Phi) is 3.26. The Hall–Kier alpha value is -3.22. The first-order valence-corrected chi connectivity index (χ1v) is 7.22. The molecule has 0 fully saturated rings. The van der Waals surface area contributed by atoms with Crippen molar-refractivity contribution in [2.45, 2.75) is 6.92 Å². The molecule has 24 heavy (non-hydrogen) atoms. The van der Waals surface area contributed by atoms with E-state index in [4.69, 9.17) is 0 Å². The molecule has 0 N–H and O–H groups in total. The van der Waals surface area contributed by atoms with Gasteiger partial charge in [-0.3, -0.25) is 4.98 Å². The second kappa shape index (κ2) is 5.45. The number of aromatic nitrogens is 5. The third kappa shape index (κ3) is 2.30. The number of pyridine rings is 1. The van der Waals surface area contributed by atoms with Crippen LogP contribution in [-0.4, -0.2) is 24.8 Å². The predicted octanol–water partition coefficient (Wildman–Crippen LogP) is 3.44. The van der Waals surface area contributed by atoms with E-state index in [0.717, 1.165) is 10.2 Å². The lowest BCUT2D eigenvalue weighted by Gasteiger charge is -2.09. The molecule has 118 valence electrons. The van der Waals surface area contributed by atoms with Crippen LogP contribution in [0.3, 0.4) is 0 Å². The van der Waals surface area contributed by atoms with Crippen molar-refractivity contribution in [1.29, 1.82) is 0 Å². The van der Waals surface area contributed by atoms with Gasteiger partial charge in [-0.15, -0.1) is 14.8 Å². The number of benzene rings is 1.